The quantitative estimate of drug-likeness (QED) is 0.748. The molecule has 1 aromatic carbocycles. The molecule has 1 aliphatic rings. The van der Waals surface area contributed by atoms with Crippen LogP contribution in [0.15, 0.2) is 18.2 Å². The van der Waals surface area contributed by atoms with E-state index in [0.717, 1.165) is 30.0 Å². The fraction of sp³-hybridized carbons (Fsp3) is 0.462. The van der Waals surface area contributed by atoms with Crippen molar-refractivity contribution >= 4 is 11.7 Å². The van der Waals surface area contributed by atoms with Crippen LogP contribution in [0.3, 0.4) is 0 Å². The predicted molar refractivity (Wildman–Crippen MR) is 65.5 cm³/mol. The number of ether oxygens (including phenoxy) is 2. The minimum atomic E-state index is -0.161. The van der Waals surface area contributed by atoms with Gasteiger partial charge < -0.3 is 14.4 Å². The molecule has 0 aliphatic carbocycles. The van der Waals surface area contributed by atoms with E-state index < -0.39 is 0 Å². The van der Waals surface area contributed by atoms with Crippen molar-refractivity contribution in [2.45, 2.75) is 19.4 Å². The number of esters is 1. The molecule has 0 aromatic heterocycles. The van der Waals surface area contributed by atoms with Crippen molar-refractivity contribution in [3.05, 3.63) is 23.8 Å². The van der Waals surface area contributed by atoms with E-state index in [-0.39, 0.29) is 12.0 Å². The Hall–Kier alpha value is -1.71. The largest absolute Gasteiger partial charge is 0.497 e. The third-order valence-electron chi connectivity index (χ3n) is 3.21. The molecular weight excluding hydrogens is 218 g/mol. The van der Waals surface area contributed by atoms with E-state index in [0.29, 0.717) is 0 Å². The van der Waals surface area contributed by atoms with Gasteiger partial charge in [-0.25, -0.2) is 4.79 Å². The lowest BCUT2D eigenvalue weighted by Crippen LogP contribution is -2.53. The molecule has 17 heavy (non-hydrogen) atoms. The smallest absolute Gasteiger partial charge is 0.328 e. The summed E-state index contributed by atoms with van der Waals surface area (Å²) in [5.74, 6) is 0.674. The summed E-state index contributed by atoms with van der Waals surface area (Å²) in [6.07, 6.45) is 0.859. The summed E-state index contributed by atoms with van der Waals surface area (Å²) in [7, 11) is 3.08. The monoisotopic (exact) mass is 235 g/mol. The van der Waals surface area contributed by atoms with E-state index in [4.69, 9.17) is 9.47 Å². The van der Waals surface area contributed by atoms with Crippen LogP contribution < -0.4 is 9.64 Å². The number of carbonyl (C=O) groups excluding carboxylic acids is 1. The van der Waals surface area contributed by atoms with Crippen LogP contribution in [-0.4, -0.2) is 32.8 Å². The number of nitrogens with zero attached hydrogens (tertiary/aromatic N) is 1. The van der Waals surface area contributed by atoms with Crippen molar-refractivity contribution in [3.63, 3.8) is 0 Å². The average molecular weight is 235 g/mol. The molecule has 1 saturated heterocycles. The zero-order valence-electron chi connectivity index (χ0n) is 10.4. The van der Waals surface area contributed by atoms with E-state index in [9.17, 15) is 4.79 Å². The van der Waals surface area contributed by atoms with Crippen LogP contribution in [0, 0.1) is 6.92 Å². The van der Waals surface area contributed by atoms with Crippen molar-refractivity contribution < 1.29 is 14.3 Å². The van der Waals surface area contributed by atoms with Gasteiger partial charge in [0.1, 0.15) is 11.8 Å². The third kappa shape index (κ3) is 2.07. The summed E-state index contributed by atoms with van der Waals surface area (Å²) in [5, 5.41) is 0. The minimum absolute atomic E-state index is 0.132. The highest BCUT2D eigenvalue weighted by atomic mass is 16.5. The predicted octanol–water partition coefficient (Wildman–Crippen LogP) is 1.76. The Morgan fingerprint density at radius 1 is 1.41 bits per heavy atom. The number of carbonyl (C=O) groups is 1. The number of benzene rings is 1. The second-order valence-electron chi connectivity index (χ2n) is 4.17. The highest BCUT2D eigenvalue weighted by Crippen LogP contribution is 2.31. The lowest BCUT2D eigenvalue weighted by Gasteiger charge is -2.41. The third-order valence-corrected chi connectivity index (χ3v) is 3.21. The molecule has 4 heteroatoms. The van der Waals surface area contributed by atoms with Gasteiger partial charge in [-0.15, -0.1) is 0 Å². The van der Waals surface area contributed by atoms with E-state index in [1.807, 2.05) is 25.1 Å². The second-order valence-corrected chi connectivity index (χ2v) is 4.17. The molecule has 0 amide bonds. The number of aryl methyl sites for hydroxylation is 1. The van der Waals surface area contributed by atoms with E-state index in [1.165, 1.54) is 7.11 Å². The highest BCUT2D eigenvalue weighted by molar-refractivity contribution is 5.82. The van der Waals surface area contributed by atoms with Gasteiger partial charge in [0, 0.05) is 12.2 Å². The maximum Gasteiger partial charge on any atom is 0.328 e. The molecule has 1 unspecified atom stereocenters. The SMILES string of the molecule is COC(=O)C1CCN1c1ccc(OC)cc1C. The first-order valence-electron chi connectivity index (χ1n) is 5.66. The first kappa shape index (κ1) is 11.8. The zero-order valence-corrected chi connectivity index (χ0v) is 10.4. The number of anilines is 1. The highest BCUT2D eigenvalue weighted by Gasteiger charge is 2.35. The molecule has 0 saturated carbocycles. The number of hydrogen-bond donors (Lipinski definition) is 0. The fourth-order valence-corrected chi connectivity index (χ4v) is 2.13. The molecule has 1 aliphatic heterocycles. The number of rotatable bonds is 3. The maximum atomic E-state index is 11.5. The molecule has 1 aromatic rings. The number of methoxy groups -OCH3 is 2. The Bertz CT molecular complexity index is 431. The summed E-state index contributed by atoms with van der Waals surface area (Å²) in [6, 6.07) is 5.74. The van der Waals surface area contributed by atoms with Gasteiger partial charge in [-0.05, 0) is 37.1 Å². The van der Waals surface area contributed by atoms with Crippen molar-refractivity contribution in [1.82, 2.24) is 0 Å². The molecule has 0 bridgehead atoms. The fourth-order valence-electron chi connectivity index (χ4n) is 2.13. The molecule has 4 nitrogen and oxygen atoms in total. The first-order chi connectivity index (χ1) is 8.17. The molecule has 0 spiro atoms. The van der Waals surface area contributed by atoms with E-state index >= 15 is 0 Å². The van der Waals surface area contributed by atoms with Gasteiger partial charge in [0.25, 0.3) is 0 Å². The standard InChI is InChI=1S/C13H17NO3/c1-9-8-10(16-2)4-5-11(9)14-7-6-12(14)13(15)17-3/h4-5,8,12H,6-7H2,1-3H3. The second kappa shape index (κ2) is 4.65. The van der Waals surface area contributed by atoms with Gasteiger partial charge in [0.2, 0.25) is 0 Å². The van der Waals surface area contributed by atoms with E-state index in [1.54, 1.807) is 7.11 Å². The minimum Gasteiger partial charge on any atom is -0.497 e. The van der Waals surface area contributed by atoms with Gasteiger partial charge in [-0.1, -0.05) is 0 Å². The average Bonchev–Trinajstić information content (AvgIpc) is 2.30. The summed E-state index contributed by atoms with van der Waals surface area (Å²) >= 11 is 0. The lowest BCUT2D eigenvalue weighted by molar-refractivity contribution is -0.143. The van der Waals surface area contributed by atoms with Crippen LogP contribution in [-0.2, 0) is 9.53 Å². The van der Waals surface area contributed by atoms with Crippen LogP contribution in [0.1, 0.15) is 12.0 Å². The molecule has 0 radical (unpaired) electrons. The molecule has 1 atom stereocenters. The van der Waals surface area contributed by atoms with Crippen molar-refractivity contribution in [2.75, 3.05) is 25.7 Å². The lowest BCUT2D eigenvalue weighted by atomic mass is 10.00. The van der Waals surface area contributed by atoms with Gasteiger partial charge in [0.15, 0.2) is 0 Å². The first-order valence-corrected chi connectivity index (χ1v) is 5.66. The normalized spacial score (nSPS) is 18.5. The van der Waals surface area contributed by atoms with Gasteiger partial charge >= 0.3 is 5.97 Å². The Balaban J connectivity index is 2.20. The Kier molecular flexibility index (Phi) is 3.22. The summed E-state index contributed by atoms with van der Waals surface area (Å²) in [6.45, 7) is 2.91. The topological polar surface area (TPSA) is 38.8 Å². The maximum absolute atomic E-state index is 11.5. The molecule has 1 fully saturated rings. The summed E-state index contributed by atoms with van der Waals surface area (Å²) < 4.78 is 9.95. The summed E-state index contributed by atoms with van der Waals surface area (Å²) in [5.41, 5.74) is 2.19. The van der Waals surface area contributed by atoms with Gasteiger partial charge in [-0.2, -0.15) is 0 Å². The molecule has 2 rings (SSSR count). The van der Waals surface area contributed by atoms with Crippen LogP contribution in [0.25, 0.3) is 0 Å². The van der Waals surface area contributed by atoms with Crippen molar-refractivity contribution in [1.29, 1.82) is 0 Å². The van der Waals surface area contributed by atoms with Crippen LogP contribution in [0.5, 0.6) is 5.75 Å². The number of hydrogen-bond acceptors (Lipinski definition) is 4. The van der Waals surface area contributed by atoms with Crippen molar-refractivity contribution in [2.24, 2.45) is 0 Å². The Morgan fingerprint density at radius 2 is 2.18 bits per heavy atom. The van der Waals surface area contributed by atoms with E-state index in [2.05, 4.69) is 4.90 Å². The summed E-state index contributed by atoms with van der Waals surface area (Å²) in [4.78, 5) is 13.6. The Morgan fingerprint density at radius 3 is 2.65 bits per heavy atom. The van der Waals surface area contributed by atoms with Crippen LogP contribution in [0.2, 0.25) is 0 Å². The molecule has 0 N–H and O–H groups in total. The van der Waals surface area contributed by atoms with Gasteiger partial charge in [0.05, 0.1) is 14.2 Å². The molecule has 92 valence electrons. The van der Waals surface area contributed by atoms with Gasteiger partial charge in [-0.3, -0.25) is 0 Å². The Labute approximate surface area is 101 Å². The molecule has 1 heterocycles. The van der Waals surface area contributed by atoms with Crippen molar-refractivity contribution in [3.8, 4) is 5.75 Å². The molecular formula is C13H17NO3. The van der Waals surface area contributed by atoms with Crippen LogP contribution >= 0.6 is 0 Å². The van der Waals surface area contributed by atoms with Crippen LogP contribution in [0.4, 0.5) is 5.69 Å². The zero-order chi connectivity index (χ0) is 12.4.